The first-order valence-electron chi connectivity index (χ1n) is 10.3. The van der Waals surface area contributed by atoms with E-state index in [0.29, 0.717) is 24.5 Å². The van der Waals surface area contributed by atoms with E-state index in [1.165, 1.54) is 24.3 Å². The molecular weight excluding hydrogens is 461 g/mol. The predicted octanol–water partition coefficient (Wildman–Crippen LogP) is 6.12. The largest absolute Gasteiger partial charge is 0.489 e. The summed E-state index contributed by atoms with van der Waals surface area (Å²) in [6.45, 7) is 0.380. The van der Waals surface area contributed by atoms with Gasteiger partial charge in [0.1, 0.15) is 23.9 Å². The van der Waals surface area contributed by atoms with Gasteiger partial charge in [0.25, 0.3) is 0 Å². The van der Waals surface area contributed by atoms with Crippen LogP contribution in [0.1, 0.15) is 26.3 Å². The van der Waals surface area contributed by atoms with Crippen molar-refractivity contribution in [1.29, 1.82) is 0 Å². The molecular formula is C27H17F3O5. The molecule has 8 heteroatoms. The van der Waals surface area contributed by atoms with Crippen LogP contribution in [0, 0.1) is 17.5 Å². The SMILES string of the molecule is O=C(Oc1cccc(C(=O)Oc2cc(F)c(F)c(F)c2)c1)c1ccc(OCc2ccccc2)cc1. The van der Waals surface area contributed by atoms with Gasteiger partial charge < -0.3 is 14.2 Å². The number of ether oxygens (including phenoxy) is 3. The number of hydrogen-bond acceptors (Lipinski definition) is 5. The van der Waals surface area contributed by atoms with Crippen LogP contribution in [0.15, 0.2) is 91.0 Å². The van der Waals surface area contributed by atoms with Gasteiger partial charge >= 0.3 is 11.9 Å². The predicted molar refractivity (Wildman–Crippen MR) is 120 cm³/mol. The smallest absolute Gasteiger partial charge is 0.343 e. The Hall–Kier alpha value is -4.59. The van der Waals surface area contributed by atoms with Crippen LogP contribution in [0.4, 0.5) is 13.2 Å². The summed E-state index contributed by atoms with van der Waals surface area (Å²) in [5, 5.41) is 0. The molecule has 176 valence electrons. The lowest BCUT2D eigenvalue weighted by Gasteiger charge is -2.09. The molecule has 0 bridgehead atoms. The topological polar surface area (TPSA) is 61.8 Å². The number of carbonyl (C=O) groups is 2. The Morgan fingerprint density at radius 2 is 1.23 bits per heavy atom. The molecule has 0 radical (unpaired) electrons. The minimum atomic E-state index is -1.67. The van der Waals surface area contributed by atoms with E-state index in [1.807, 2.05) is 30.3 Å². The monoisotopic (exact) mass is 478 g/mol. The van der Waals surface area contributed by atoms with Crippen molar-refractivity contribution in [2.45, 2.75) is 6.61 Å². The van der Waals surface area contributed by atoms with E-state index in [4.69, 9.17) is 14.2 Å². The van der Waals surface area contributed by atoms with Crippen LogP contribution in [0.5, 0.6) is 17.2 Å². The lowest BCUT2D eigenvalue weighted by Crippen LogP contribution is -2.11. The number of rotatable bonds is 7. The first-order chi connectivity index (χ1) is 16.9. The van der Waals surface area contributed by atoms with Crippen LogP contribution in [-0.4, -0.2) is 11.9 Å². The Labute approximate surface area is 198 Å². The highest BCUT2D eigenvalue weighted by Crippen LogP contribution is 2.22. The lowest BCUT2D eigenvalue weighted by atomic mass is 10.2. The molecule has 0 saturated carbocycles. The highest BCUT2D eigenvalue weighted by molar-refractivity contribution is 5.93. The normalized spacial score (nSPS) is 10.5. The molecule has 0 heterocycles. The van der Waals surface area contributed by atoms with Gasteiger partial charge in [0.2, 0.25) is 0 Å². The van der Waals surface area contributed by atoms with Crippen molar-refractivity contribution in [3.05, 3.63) is 125 Å². The van der Waals surface area contributed by atoms with E-state index in [9.17, 15) is 22.8 Å². The third-order valence-electron chi connectivity index (χ3n) is 4.79. The maximum atomic E-state index is 13.3. The van der Waals surface area contributed by atoms with Crippen molar-refractivity contribution in [3.63, 3.8) is 0 Å². The van der Waals surface area contributed by atoms with Crippen LogP contribution >= 0.6 is 0 Å². The Balaban J connectivity index is 1.38. The molecule has 4 aromatic carbocycles. The van der Waals surface area contributed by atoms with Crippen molar-refractivity contribution in [2.24, 2.45) is 0 Å². The van der Waals surface area contributed by atoms with Crippen molar-refractivity contribution < 1.29 is 37.0 Å². The molecule has 0 aliphatic carbocycles. The maximum Gasteiger partial charge on any atom is 0.343 e. The highest BCUT2D eigenvalue weighted by Gasteiger charge is 2.16. The van der Waals surface area contributed by atoms with Crippen LogP contribution < -0.4 is 14.2 Å². The molecule has 0 atom stereocenters. The number of esters is 2. The van der Waals surface area contributed by atoms with Crippen LogP contribution in [0.2, 0.25) is 0 Å². The summed E-state index contributed by atoms with van der Waals surface area (Å²) in [5.74, 6) is -6.20. The Morgan fingerprint density at radius 1 is 0.600 bits per heavy atom. The zero-order chi connectivity index (χ0) is 24.8. The van der Waals surface area contributed by atoms with Crippen molar-refractivity contribution >= 4 is 11.9 Å². The summed E-state index contributed by atoms with van der Waals surface area (Å²) in [5.41, 5.74) is 1.21. The Morgan fingerprint density at radius 3 is 1.91 bits per heavy atom. The average Bonchev–Trinajstić information content (AvgIpc) is 2.87. The molecule has 0 amide bonds. The van der Waals surface area contributed by atoms with Crippen molar-refractivity contribution in [2.75, 3.05) is 0 Å². The molecule has 35 heavy (non-hydrogen) atoms. The zero-order valence-electron chi connectivity index (χ0n) is 18.0. The quantitative estimate of drug-likeness (QED) is 0.182. The third-order valence-corrected chi connectivity index (χ3v) is 4.79. The second-order valence-corrected chi connectivity index (χ2v) is 7.31. The second kappa shape index (κ2) is 10.6. The molecule has 5 nitrogen and oxygen atoms in total. The summed E-state index contributed by atoms with van der Waals surface area (Å²) in [7, 11) is 0. The summed E-state index contributed by atoms with van der Waals surface area (Å²) < 4.78 is 55.6. The Kier molecular flexibility index (Phi) is 7.11. The first-order valence-corrected chi connectivity index (χ1v) is 10.3. The summed E-state index contributed by atoms with van der Waals surface area (Å²) >= 11 is 0. The van der Waals surface area contributed by atoms with Gasteiger partial charge in [-0.15, -0.1) is 0 Å². The van der Waals surface area contributed by atoms with Gasteiger partial charge in [0.15, 0.2) is 17.5 Å². The Bertz CT molecular complexity index is 1330. The highest BCUT2D eigenvalue weighted by atomic mass is 19.2. The van der Waals surface area contributed by atoms with E-state index in [0.717, 1.165) is 5.56 Å². The van der Waals surface area contributed by atoms with Gasteiger partial charge in [-0.2, -0.15) is 0 Å². The molecule has 0 aliphatic rings. The fourth-order valence-electron chi connectivity index (χ4n) is 3.04. The molecule has 0 fully saturated rings. The molecule has 0 aliphatic heterocycles. The van der Waals surface area contributed by atoms with Gasteiger partial charge in [-0.05, 0) is 48.0 Å². The lowest BCUT2D eigenvalue weighted by molar-refractivity contribution is 0.0714. The van der Waals surface area contributed by atoms with E-state index in [2.05, 4.69) is 0 Å². The van der Waals surface area contributed by atoms with Gasteiger partial charge in [0.05, 0.1) is 11.1 Å². The molecule has 0 aromatic heterocycles. The summed E-state index contributed by atoms with van der Waals surface area (Å²) in [4.78, 5) is 24.8. The van der Waals surface area contributed by atoms with Crippen LogP contribution in [0.3, 0.4) is 0 Å². The molecule has 4 aromatic rings. The number of carbonyl (C=O) groups excluding carboxylic acids is 2. The second-order valence-electron chi connectivity index (χ2n) is 7.31. The average molecular weight is 478 g/mol. The molecule has 0 N–H and O–H groups in total. The summed E-state index contributed by atoms with van der Waals surface area (Å²) in [6, 6.07) is 22.5. The van der Waals surface area contributed by atoms with Gasteiger partial charge in [-0.3, -0.25) is 0 Å². The number of hydrogen-bond donors (Lipinski definition) is 0. The maximum absolute atomic E-state index is 13.3. The van der Waals surface area contributed by atoms with Crippen LogP contribution in [0.25, 0.3) is 0 Å². The van der Waals surface area contributed by atoms with Crippen LogP contribution in [-0.2, 0) is 6.61 Å². The molecule has 0 spiro atoms. The standard InChI is InChI=1S/C27H17F3O5/c28-23-14-22(15-24(29)25(23)30)35-27(32)19-7-4-8-21(13-19)34-26(31)18-9-11-20(12-10-18)33-16-17-5-2-1-3-6-17/h1-15H,16H2. The first kappa shape index (κ1) is 23.6. The van der Waals surface area contributed by atoms with Crippen molar-refractivity contribution in [1.82, 2.24) is 0 Å². The van der Waals surface area contributed by atoms with Gasteiger partial charge in [-0.25, -0.2) is 22.8 Å². The number of halogens is 3. The zero-order valence-corrected chi connectivity index (χ0v) is 18.0. The minimum absolute atomic E-state index is 0.0466. The molecule has 0 saturated heterocycles. The van der Waals surface area contributed by atoms with E-state index in [-0.39, 0.29) is 16.9 Å². The molecule has 4 rings (SSSR count). The minimum Gasteiger partial charge on any atom is -0.489 e. The van der Waals surface area contributed by atoms with Crippen molar-refractivity contribution in [3.8, 4) is 17.2 Å². The van der Waals surface area contributed by atoms with E-state index in [1.54, 1.807) is 24.3 Å². The van der Waals surface area contributed by atoms with E-state index < -0.39 is 35.1 Å². The summed E-state index contributed by atoms with van der Waals surface area (Å²) in [6.07, 6.45) is 0. The number of benzene rings is 4. The fraction of sp³-hybridized carbons (Fsp3) is 0.0370. The third kappa shape index (κ3) is 6.05. The van der Waals surface area contributed by atoms with E-state index >= 15 is 0 Å². The fourth-order valence-corrected chi connectivity index (χ4v) is 3.04. The molecule has 0 unspecified atom stereocenters. The van der Waals surface area contributed by atoms with Gasteiger partial charge in [0, 0.05) is 12.1 Å². The van der Waals surface area contributed by atoms with Gasteiger partial charge in [-0.1, -0.05) is 36.4 Å².